The molecule has 0 amide bonds. The zero-order valence-electron chi connectivity index (χ0n) is 17.6. The minimum absolute atomic E-state index is 0.286. The van der Waals surface area contributed by atoms with Crippen LogP contribution < -0.4 is 22.1 Å². The highest BCUT2D eigenvalue weighted by Gasteiger charge is 2.40. The van der Waals surface area contributed by atoms with Crippen LogP contribution in [0.3, 0.4) is 0 Å². The van der Waals surface area contributed by atoms with Gasteiger partial charge in [-0.15, -0.1) is 0 Å². The largest absolute Gasteiger partial charge is 0.399 e. The Morgan fingerprint density at radius 3 is 1.93 bits per heavy atom. The fourth-order valence-electron chi connectivity index (χ4n) is 4.95. The van der Waals surface area contributed by atoms with E-state index < -0.39 is 0 Å². The molecule has 1 aliphatic carbocycles. The zero-order valence-corrected chi connectivity index (χ0v) is 17.6. The molecule has 4 nitrogen and oxygen atoms in total. The molecule has 0 saturated heterocycles. The molecule has 1 aliphatic rings. The fourth-order valence-corrected chi connectivity index (χ4v) is 4.95. The second kappa shape index (κ2) is 8.54. The lowest BCUT2D eigenvalue weighted by Crippen LogP contribution is -2.48. The van der Waals surface area contributed by atoms with Crippen molar-refractivity contribution >= 4 is 11.4 Å². The molecule has 0 heterocycles. The van der Waals surface area contributed by atoms with Gasteiger partial charge in [-0.25, -0.2) is 0 Å². The normalized spacial score (nSPS) is 24.2. The summed E-state index contributed by atoms with van der Waals surface area (Å²) in [6.07, 6.45) is 3.66. The Labute approximate surface area is 170 Å². The molecule has 2 unspecified atom stereocenters. The summed E-state index contributed by atoms with van der Waals surface area (Å²) < 4.78 is 0. The number of rotatable bonds is 7. The van der Waals surface area contributed by atoms with Crippen LogP contribution in [0.1, 0.15) is 51.2 Å². The average Bonchev–Trinajstić information content (AvgIpc) is 2.61. The number of anilines is 2. The van der Waals surface area contributed by atoms with Gasteiger partial charge in [0.05, 0.1) is 0 Å². The number of hydrogen-bond donors (Lipinski definition) is 4. The van der Waals surface area contributed by atoms with Crippen LogP contribution in [0.15, 0.2) is 48.5 Å². The SMILES string of the molecule is CC1(C)CC(NCc2ccc(N)cc2)CC(C)(CNCc2ccc(N)cc2)C1. The molecule has 0 bridgehead atoms. The monoisotopic (exact) mass is 380 g/mol. The van der Waals surface area contributed by atoms with Crippen molar-refractivity contribution in [1.29, 1.82) is 0 Å². The summed E-state index contributed by atoms with van der Waals surface area (Å²) in [6, 6.07) is 16.9. The van der Waals surface area contributed by atoms with E-state index in [1.54, 1.807) is 0 Å². The maximum Gasteiger partial charge on any atom is 0.0314 e. The quantitative estimate of drug-likeness (QED) is 0.540. The molecule has 0 radical (unpaired) electrons. The number of hydrogen-bond acceptors (Lipinski definition) is 4. The smallest absolute Gasteiger partial charge is 0.0314 e. The van der Waals surface area contributed by atoms with Gasteiger partial charge in [0.1, 0.15) is 0 Å². The molecule has 28 heavy (non-hydrogen) atoms. The first-order chi connectivity index (χ1) is 13.2. The fraction of sp³-hybridized carbons (Fsp3) is 0.500. The standard InChI is InChI=1S/C24H36N4/c1-23(2)12-22(28-15-19-6-10-21(26)11-7-19)13-24(3,16-23)17-27-14-18-4-8-20(25)9-5-18/h4-11,22,27-28H,12-17,25-26H2,1-3H3. The van der Waals surface area contributed by atoms with Crippen LogP contribution in [0.5, 0.6) is 0 Å². The molecule has 0 aliphatic heterocycles. The first-order valence-corrected chi connectivity index (χ1v) is 10.4. The molecule has 0 spiro atoms. The Bertz CT molecular complexity index is 751. The maximum atomic E-state index is 5.80. The third kappa shape index (κ3) is 5.98. The van der Waals surface area contributed by atoms with Crippen LogP contribution in [0.2, 0.25) is 0 Å². The van der Waals surface area contributed by atoms with Gasteiger partial charge in [0, 0.05) is 37.1 Å². The van der Waals surface area contributed by atoms with Crippen molar-refractivity contribution in [1.82, 2.24) is 10.6 Å². The van der Waals surface area contributed by atoms with E-state index in [9.17, 15) is 0 Å². The number of nitrogen functional groups attached to an aromatic ring is 2. The van der Waals surface area contributed by atoms with Crippen molar-refractivity contribution in [3.05, 3.63) is 59.7 Å². The van der Waals surface area contributed by atoms with E-state index in [4.69, 9.17) is 11.5 Å². The van der Waals surface area contributed by atoms with Crippen molar-refractivity contribution in [2.75, 3.05) is 18.0 Å². The maximum absolute atomic E-state index is 5.80. The zero-order chi connectivity index (χ0) is 20.2. The van der Waals surface area contributed by atoms with E-state index in [2.05, 4.69) is 55.7 Å². The molecule has 0 aromatic heterocycles. The summed E-state index contributed by atoms with van der Waals surface area (Å²) in [4.78, 5) is 0. The van der Waals surface area contributed by atoms with Crippen LogP contribution in [0.4, 0.5) is 11.4 Å². The Hall–Kier alpha value is -2.04. The molecular formula is C24H36N4. The molecule has 1 saturated carbocycles. The summed E-state index contributed by atoms with van der Waals surface area (Å²) in [5.74, 6) is 0. The van der Waals surface area contributed by atoms with Gasteiger partial charge in [-0.05, 0) is 65.5 Å². The van der Waals surface area contributed by atoms with E-state index in [-0.39, 0.29) is 5.41 Å². The third-order valence-corrected chi connectivity index (χ3v) is 5.88. The van der Waals surface area contributed by atoms with Gasteiger partial charge < -0.3 is 22.1 Å². The highest BCUT2D eigenvalue weighted by Crippen LogP contribution is 2.45. The van der Waals surface area contributed by atoms with Crippen molar-refractivity contribution in [3.63, 3.8) is 0 Å². The van der Waals surface area contributed by atoms with E-state index in [0.717, 1.165) is 31.0 Å². The highest BCUT2D eigenvalue weighted by molar-refractivity contribution is 5.39. The minimum atomic E-state index is 0.286. The van der Waals surface area contributed by atoms with Crippen molar-refractivity contribution < 1.29 is 0 Å². The van der Waals surface area contributed by atoms with Crippen molar-refractivity contribution in [2.24, 2.45) is 10.8 Å². The van der Waals surface area contributed by atoms with Crippen LogP contribution >= 0.6 is 0 Å². The summed E-state index contributed by atoms with van der Waals surface area (Å²) >= 11 is 0. The van der Waals surface area contributed by atoms with Crippen LogP contribution in [-0.2, 0) is 13.1 Å². The van der Waals surface area contributed by atoms with Crippen molar-refractivity contribution in [3.8, 4) is 0 Å². The minimum Gasteiger partial charge on any atom is -0.399 e. The van der Waals surface area contributed by atoms with Gasteiger partial charge in [-0.3, -0.25) is 0 Å². The number of nitrogens with two attached hydrogens (primary N) is 2. The van der Waals surface area contributed by atoms with Crippen LogP contribution in [0, 0.1) is 10.8 Å². The molecule has 4 heteroatoms. The predicted molar refractivity (Wildman–Crippen MR) is 120 cm³/mol. The second-order valence-corrected chi connectivity index (χ2v) is 9.72. The van der Waals surface area contributed by atoms with E-state index >= 15 is 0 Å². The van der Waals surface area contributed by atoms with Crippen molar-refractivity contribution in [2.45, 2.75) is 59.2 Å². The number of nitrogens with one attached hydrogen (secondary N) is 2. The summed E-state index contributed by atoms with van der Waals surface area (Å²) in [7, 11) is 0. The lowest BCUT2D eigenvalue weighted by Gasteiger charge is -2.47. The van der Waals surface area contributed by atoms with E-state index in [1.807, 2.05) is 24.3 Å². The van der Waals surface area contributed by atoms with Gasteiger partial charge in [0.15, 0.2) is 0 Å². The van der Waals surface area contributed by atoms with Gasteiger partial charge in [0.2, 0.25) is 0 Å². The average molecular weight is 381 g/mol. The molecule has 2 aromatic rings. The van der Waals surface area contributed by atoms with Gasteiger partial charge in [0.25, 0.3) is 0 Å². The molecule has 1 fully saturated rings. The van der Waals surface area contributed by atoms with Crippen LogP contribution in [-0.4, -0.2) is 12.6 Å². The van der Waals surface area contributed by atoms with Crippen LogP contribution in [0.25, 0.3) is 0 Å². The lowest BCUT2D eigenvalue weighted by atomic mass is 9.62. The summed E-state index contributed by atoms with van der Waals surface area (Å²) in [6.45, 7) is 10.1. The first kappa shape index (κ1) is 20.7. The summed E-state index contributed by atoms with van der Waals surface area (Å²) in [5, 5.41) is 7.49. The van der Waals surface area contributed by atoms with E-state index in [0.29, 0.717) is 11.5 Å². The highest BCUT2D eigenvalue weighted by atomic mass is 14.9. The Kier molecular flexibility index (Phi) is 6.31. The Morgan fingerprint density at radius 2 is 1.36 bits per heavy atom. The van der Waals surface area contributed by atoms with Gasteiger partial charge in [-0.2, -0.15) is 0 Å². The molecule has 2 atom stereocenters. The Balaban J connectivity index is 1.55. The first-order valence-electron chi connectivity index (χ1n) is 10.4. The second-order valence-electron chi connectivity index (χ2n) is 9.72. The molecule has 2 aromatic carbocycles. The van der Waals surface area contributed by atoms with E-state index in [1.165, 1.54) is 30.4 Å². The molecule has 3 rings (SSSR count). The molecule has 152 valence electrons. The predicted octanol–water partition coefficient (Wildman–Crippen LogP) is 4.32. The summed E-state index contributed by atoms with van der Waals surface area (Å²) in [5.41, 5.74) is 16.4. The van der Waals surface area contributed by atoms with Gasteiger partial charge in [-0.1, -0.05) is 45.0 Å². The third-order valence-electron chi connectivity index (χ3n) is 5.88. The lowest BCUT2D eigenvalue weighted by molar-refractivity contribution is 0.0694. The molecule has 6 N–H and O–H groups in total. The van der Waals surface area contributed by atoms with Gasteiger partial charge >= 0.3 is 0 Å². The topological polar surface area (TPSA) is 76.1 Å². The number of benzene rings is 2. The molecular weight excluding hydrogens is 344 g/mol. The Morgan fingerprint density at radius 1 is 0.821 bits per heavy atom.